The maximum Gasteiger partial charge on any atom is 0.302 e. The summed E-state index contributed by atoms with van der Waals surface area (Å²) in [5.74, 6) is 1.79. The van der Waals surface area contributed by atoms with Gasteiger partial charge >= 0.3 is 5.97 Å². The molecule has 0 aliphatic carbocycles. The smallest absolute Gasteiger partial charge is 0.302 e. The van der Waals surface area contributed by atoms with Gasteiger partial charge in [0.05, 0.1) is 21.3 Å². The fourth-order valence-corrected chi connectivity index (χ4v) is 3.13. The molecule has 1 aliphatic heterocycles. The van der Waals surface area contributed by atoms with Gasteiger partial charge in [-0.05, 0) is 20.0 Å². The van der Waals surface area contributed by atoms with Crippen LogP contribution in [0.1, 0.15) is 24.8 Å². The van der Waals surface area contributed by atoms with Crippen LogP contribution in [0.4, 0.5) is 0 Å². The highest BCUT2D eigenvalue weighted by Crippen LogP contribution is 2.43. The van der Waals surface area contributed by atoms with Gasteiger partial charge in [-0.3, -0.25) is 4.79 Å². The summed E-state index contributed by atoms with van der Waals surface area (Å²) < 4.78 is 22.0. The lowest BCUT2D eigenvalue weighted by Gasteiger charge is -2.37. The van der Waals surface area contributed by atoms with Gasteiger partial charge in [0.15, 0.2) is 0 Å². The molecule has 0 aromatic heterocycles. The molecule has 0 N–H and O–H groups in total. The number of piperidine rings is 1. The summed E-state index contributed by atoms with van der Waals surface area (Å²) in [6, 6.07) is 3.67. The zero-order chi connectivity index (χ0) is 17.0. The number of hydrogen-bond donors (Lipinski definition) is 0. The molecule has 1 fully saturated rings. The molecular formula is C17H25NO5. The van der Waals surface area contributed by atoms with E-state index < -0.39 is 0 Å². The molecule has 1 aromatic carbocycles. The Hall–Kier alpha value is -1.95. The summed E-state index contributed by atoms with van der Waals surface area (Å²) in [5, 5.41) is 0. The molecule has 0 amide bonds. The molecule has 0 unspecified atom stereocenters. The molecule has 1 heterocycles. The number of benzene rings is 1. The molecule has 1 aliphatic rings. The summed E-state index contributed by atoms with van der Waals surface area (Å²) in [6.45, 7) is 3.04. The number of likely N-dealkylation sites (tertiary alicyclic amines) is 1. The van der Waals surface area contributed by atoms with E-state index in [9.17, 15) is 4.79 Å². The van der Waals surface area contributed by atoms with Crippen molar-refractivity contribution in [2.24, 2.45) is 0 Å². The number of methoxy groups -OCH3 is 3. The van der Waals surface area contributed by atoms with E-state index in [0.29, 0.717) is 23.8 Å². The quantitative estimate of drug-likeness (QED) is 0.773. The van der Waals surface area contributed by atoms with Gasteiger partial charge in [0.25, 0.3) is 0 Å². The first kappa shape index (κ1) is 17.4. The molecule has 1 aromatic rings. The van der Waals surface area contributed by atoms with Gasteiger partial charge in [-0.15, -0.1) is 0 Å². The Bertz CT molecular complexity index is 535. The summed E-state index contributed by atoms with van der Waals surface area (Å²) >= 11 is 0. The largest absolute Gasteiger partial charge is 0.496 e. The van der Waals surface area contributed by atoms with Crippen molar-refractivity contribution in [2.45, 2.75) is 25.4 Å². The van der Waals surface area contributed by atoms with Crippen molar-refractivity contribution in [1.29, 1.82) is 0 Å². The number of likely N-dealkylation sites (N-methyl/N-ethyl adjacent to an activating group) is 1. The first-order valence-corrected chi connectivity index (χ1v) is 7.65. The first-order valence-electron chi connectivity index (χ1n) is 7.65. The number of rotatable bonds is 5. The molecule has 0 bridgehead atoms. The Labute approximate surface area is 137 Å². The average molecular weight is 323 g/mol. The van der Waals surface area contributed by atoms with Crippen LogP contribution in [0.3, 0.4) is 0 Å². The van der Waals surface area contributed by atoms with Crippen LogP contribution in [0.5, 0.6) is 17.2 Å². The summed E-state index contributed by atoms with van der Waals surface area (Å²) in [4.78, 5) is 13.6. The minimum atomic E-state index is -0.276. The second kappa shape index (κ2) is 7.55. The maximum atomic E-state index is 11.5. The van der Waals surface area contributed by atoms with Crippen molar-refractivity contribution < 1.29 is 23.7 Å². The highest BCUT2D eigenvalue weighted by molar-refractivity contribution is 5.66. The van der Waals surface area contributed by atoms with Gasteiger partial charge in [-0.2, -0.15) is 0 Å². The van der Waals surface area contributed by atoms with E-state index >= 15 is 0 Å². The van der Waals surface area contributed by atoms with Crippen LogP contribution in [0, 0.1) is 0 Å². The SMILES string of the molecule is COc1cc(OC)c([C@H]2CCN(C)C[C@H]2OC(C)=O)c(OC)c1. The molecule has 1 saturated heterocycles. The Morgan fingerprint density at radius 2 is 1.74 bits per heavy atom. The highest BCUT2D eigenvalue weighted by atomic mass is 16.5. The van der Waals surface area contributed by atoms with Crippen LogP contribution < -0.4 is 14.2 Å². The lowest BCUT2D eigenvalue weighted by Crippen LogP contribution is -2.43. The molecule has 0 saturated carbocycles. The van der Waals surface area contributed by atoms with E-state index in [4.69, 9.17) is 18.9 Å². The van der Waals surface area contributed by atoms with Crippen LogP contribution in [-0.4, -0.2) is 58.4 Å². The summed E-state index contributed by atoms with van der Waals surface area (Å²) in [5.41, 5.74) is 0.926. The van der Waals surface area contributed by atoms with Gasteiger partial charge in [0, 0.05) is 37.1 Å². The van der Waals surface area contributed by atoms with Crippen molar-refractivity contribution >= 4 is 5.97 Å². The van der Waals surface area contributed by atoms with E-state index in [0.717, 1.165) is 18.5 Å². The third-order valence-corrected chi connectivity index (χ3v) is 4.20. The molecule has 2 atom stereocenters. The van der Waals surface area contributed by atoms with Crippen molar-refractivity contribution in [3.63, 3.8) is 0 Å². The zero-order valence-electron chi connectivity index (χ0n) is 14.4. The number of esters is 1. The normalized spacial score (nSPS) is 21.6. The predicted molar refractivity (Wildman–Crippen MR) is 86.5 cm³/mol. The second-order valence-electron chi connectivity index (χ2n) is 5.75. The standard InChI is InChI=1S/C17H25NO5/c1-11(19)23-16-10-18(2)7-6-13(16)17-14(21-4)8-12(20-3)9-15(17)22-5/h8-9,13,16H,6-7,10H2,1-5H3/t13-,16+/m0/s1. The third kappa shape index (κ3) is 3.88. The average Bonchev–Trinajstić information content (AvgIpc) is 2.53. The van der Waals surface area contributed by atoms with E-state index in [-0.39, 0.29) is 18.0 Å². The topological polar surface area (TPSA) is 57.2 Å². The Morgan fingerprint density at radius 3 is 2.22 bits per heavy atom. The molecule has 128 valence electrons. The summed E-state index contributed by atoms with van der Waals surface area (Å²) in [6.07, 6.45) is 0.621. The number of ether oxygens (including phenoxy) is 4. The fourth-order valence-electron chi connectivity index (χ4n) is 3.13. The van der Waals surface area contributed by atoms with E-state index in [1.54, 1.807) is 21.3 Å². The van der Waals surface area contributed by atoms with Crippen LogP contribution in [0.25, 0.3) is 0 Å². The zero-order valence-corrected chi connectivity index (χ0v) is 14.4. The van der Waals surface area contributed by atoms with Gasteiger partial charge in [0.2, 0.25) is 0 Å². The minimum absolute atomic E-state index is 0.0194. The molecule has 23 heavy (non-hydrogen) atoms. The van der Waals surface area contributed by atoms with Gasteiger partial charge < -0.3 is 23.8 Å². The number of nitrogens with zero attached hydrogens (tertiary/aromatic N) is 1. The Balaban J connectivity index is 2.46. The molecule has 6 nitrogen and oxygen atoms in total. The van der Waals surface area contributed by atoms with E-state index in [2.05, 4.69) is 4.90 Å². The van der Waals surface area contributed by atoms with Crippen molar-refractivity contribution in [3.8, 4) is 17.2 Å². The highest BCUT2D eigenvalue weighted by Gasteiger charge is 2.35. The monoisotopic (exact) mass is 323 g/mol. The predicted octanol–water partition coefficient (Wildman–Crippen LogP) is 2.06. The van der Waals surface area contributed by atoms with Gasteiger partial charge in [-0.25, -0.2) is 0 Å². The molecular weight excluding hydrogens is 298 g/mol. The van der Waals surface area contributed by atoms with Crippen molar-refractivity contribution in [2.75, 3.05) is 41.5 Å². The third-order valence-electron chi connectivity index (χ3n) is 4.20. The molecule has 0 spiro atoms. The van der Waals surface area contributed by atoms with Gasteiger partial charge in [0.1, 0.15) is 23.4 Å². The second-order valence-corrected chi connectivity index (χ2v) is 5.75. The first-order chi connectivity index (χ1) is 11.0. The Kier molecular flexibility index (Phi) is 5.71. The van der Waals surface area contributed by atoms with E-state index in [1.807, 2.05) is 19.2 Å². The number of carbonyl (C=O) groups is 1. The number of carbonyl (C=O) groups excluding carboxylic acids is 1. The van der Waals surface area contributed by atoms with Crippen LogP contribution in [0.2, 0.25) is 0 Å². The lowest BCUT2D eigenvalue weighted by molar-refractivity contribution is -0.149. The number of hydrogen-bond acceptors (Lipinski definition) is 6. The van der Waals surface area contributed by atoms with Crippen molar-refractivity contribution in [3.05, 3.63) is 17.7 Å². The van der Waals surface area contributed by atoms with Crippen LogP contribution in [0.15, 0.2) is 12.1 Å². The summed E-state index contributed by atoms with van der Waals surface area (Å²) in [7, 11) is 6.86. The van der Waals surface area contributed by atoms with Gasteiger partial charge in [-0.1, -0.05) is 0 Å². The Morgan fingerprint density at radius 1 is 1.13 bits per heavy atom. The van der Waals surface area contributed by atoms with Crippen molar-refractivity contribution in [1.82, 2.24) is 4.90 Å². The molecule has 6 heteroatoms. The maximum absolute atomic E-state index is 11.5. The molecule has 0 radical (unpaired) electrons. The fraction of sp³-hybridized carbons (Fsp3) is 0.588. The van der Waals surface area contributed by atoms with Crippen LogP contribution >= 0.6 is 0 Å². The minimum Gasteiger partial charge on any atom is -0.496 e. The van der Waals surface area contributed by atoms with Crippen LogP contribution in [-0.2, 0) is 9.53 Å². The van der Waals surface area contributed by atoms with E-state index in [1.165, 1.54) is 6.92 Å². The molecule has 2 rings (SSSR count). The lowest BCUT2D eigenvalue weighted by atomic mass is 9.85.